The van der Waals surface area contributed by atoms with Crippen LogP contribution in [0.25, 0.3) is 11.2 Å². The van der Waals surface area contributed by atoms with Gasteiger partial charge in [0.2, 0.25) is 5.95 Å². The van der Waals surface area contributed by atoms with Gasteiger partial charge in [0.25, 0.3) is 0 Å². The summed E-state index contributed by atoms with van der Waals surface area (Å²) in [6.07, 6.45) is 5.95. The Labute approximate surface area is 189 Å². The monoisotopic (exact) mass is 438 g/mol. The second-order valence-electron chi connectivity index (χ2n) is 9.34. The minimum Gasteiger partial charge on any atom is -0.378 e. The number of hydrogen-bond donors (Lipinski definition) is 0. The molecule has 3 aromatic rings. The predicted molar refractivity (Wildman–Crippen MR) is 126 cm³/mol. The van der Waals surface area contributed by atoms with Gasteiger partial charge >= 0.3 is 0 Å². The van der Waals surface area contributed by atoms with E-state index in [1.165, 1.54) is 0 Å². The van der Waals surface area contributed by atoms with E-state index in [1.54, 1.807) is 10.9 Å². The summed E-state index contributed by atoms with van der Waals surface area (Å²) in [5.74, 6) is 1.68. The largest absolute Gasteiger partial charge is 0.378 e. The molecule has 0 spiro atoms. The molecule has 0 atom stereocenters. The molecule has 2 aliphatic rings. The molecule has 5 heterocycles. The van der Waals surface area contributed by atoms with Gasteiger partial charge in [0.1, 0.15) is 0 Å². The number of piperidine rings is 1. The number of ether oxygens (including phenoxy) is 1. The lowest BCUT2D eigenvalue weighted by Gasteiger charge is -2.38. The van der Waals surface area contributed by atoms with E-state index in [0.717, 1.165) is 67.7 Å². The van der Waals surface area contributed by atoms with Crippen LogP contribution in [0, 0.1) is 19.3 Å². The first kappa shape index (κ1) is 22.4. The quantitative estimate of drug-likeness (QED) is 0.604. The Morgan fingerprint density at radius 2 is 1.56 bits per heavy atom. The van der Waals surface area contributed by atoms with Crippen LogP contribution in [-0.4, -0.2) is 69.1 Å². The number of fused-ring (bicyclic) bond motifs is 1. The van der Waals surface area contributed by atoms with Gasteiger partial charge in [-0.1, -0.05) is 13.8 Å². The van der Waals surface area contributed by atoms with Crippen LogP contribution in [0.4, 0.5) is 11.8 Å². The highest BCUT2D eigenvalue weighted by molar-refractivity contribution is 5.84. The lowest BCUT2D eigenvalue weighted by molar-refractivity contribution is 0.122. The molecule has 172 valence electrons. The molecule has 0 radical (unpaired) electrons. The molecule has 0 unspecified atom stereocenters. The molecule has 0 amide bonds. The predicted octanol–water partition coefficient (Wildman–Crippen LogP) is 2.92. The number of aryl methyl sites for hydroxylation is 3. The van der Waals surface area contributed by atoms with Gasteiger partial charge in [-0.2, -0.15) is 15.1 Å². The summed E-state index contributed by atoms with van der Waals surface area (Å²) in [6.45, 7) is 13.7. The second kappa shape index (κ2) is 9.36. The molecular weight excluding hydrogens is 404 g/mol. The molecule has 3 aromatic heterocycles. The SMILES string of the molecule is Cc1nc2nc(N3CCOCC3)nc(N3CCC(C)(C)CC3)c2nc1C.Cn1cccn1. The fourth-order valence-corrected chi connectivity index (χ4v) is 3.88. The minimum atomic E-state index is 0.393. The van der Waals surface area contributed by atoms with Crippen LogP contribution in [0.1, 0.15) is 38.1 Å². The van der Waals surface area contributed by atoms with Gasteiger partial charge < -0.3 is 14.5 Å². The summed E-state index contributed by atoms with van der Waals surface area (Å²) in [4.78, 5) is 23.8. The van der Waals surface area contributed by atoms with E-state index < -0.39 is 0 Å². The van der Waals surface area contributed by atoms with Gasteiger partial charge in [0.05, 0.1) is 24.6 Å². The Bertz CT molecular complexity index is 1030. The standard InChI is InChI=1S/C19H28N6O.C4H6N2/c1-13-14(2)21-16-15(20-13)17(24-7-5-19(3,4)6-8-24)23-18(22-16)25-9-11-26-12-10-25;1-6-4-2-3-5-6/h5-12H2,1-4H3;2-4H,1H3. The lowest BCUT2D eigenvalue weighted by Crippen LogP contribution is -2.40. The van der Waals surface area contributed by atoms with Crippen LogP contribution in [0.3, 0.4) is 0 Å². The van der Waals surface area contributed by atoms with Crippen molar-refractivity contribution in [2.24, 2.45) is 12.5 Å². The van der Waals surface area contributed by atoms with Gasteiger partial charge in [-0.15, -0.1) is 0 Å². The highest BCUT2D eigenvalue weighted by atomic mass is 16.5. The third-order valence-electron chi connectivity index (χ3n) is 6.26. The van der Waals surface area contributed by atoms with Crippen molar-refractivity contribution in [3.63, 3.8) is 0 Å². The molecule has 32 heavy (non-hydrogen) atoms. The van der Waals surface area contributed by atoms with Crippen LogP contribution in [0.5, 0.6) is 0 Å². The van der Waals surface area contributed by atoms with Crippen LogP contribution in [0.2, 0.25) is 0 Å². The van der Waals surface area contributed by atoms with Gasteiger partial charge in [-0.05, 0) is 38.2 Å². The molecule has 2 saturated heterocycles. The summed E-state index contributed by atoms with van der Waals surface area (Å²) in [6, 6.07) is 1.89. The average Bonchev–Trinajstić information content (AvgIpc) is 3.26. The number of anilines is 2. The molecule has 0 N–H and O–H groups in total. The van der Waals surface area contributed by atoms with Crippen LogP contribution >= 0.6 is 0 Å². The minimum absolute atomic E-state index is 0.393. The Balaban J connectivity index is 0.000000354. The zero-order valence-corrected chi connectivity index (χ0v) is 19.9. The van der Waals surface area contributed by atoms with E-state index in [2.05, 4.69) is 28.7 Å². The van der Waals surface area contributed by atoms with Gasteiger partial charge in [0, 0.05) is 45.6 Å². The third kappa shape index (κ3) is 5.15. The summed E-state index contributed by atoms with van der Waals surface area (Å²) >= 11 is 0. The fraction of sp³-hybridized carbons (Fsp3) is 0.609. The van der Waals surface area contributed by atoms with Crippen LogP contribution < -0.4 is 9.80 Å². The Morgan fingerprint density at radius 1 is 0.875 bits per heavy atom. The van der Waals surface area contributed by atoms with Crippen molar-refractivity contribution < 1.29 is 4.74 Å². The first-order valence-electron chi connectivity index (χ1n) is 11.4. The van der Waals surface area contributed by atoms with E-state index in [-0.39, 0.29) is 0 Å². The smallest absolute Gasteiger partial charge is 0.229 e. The van der Waals surface area contributed by atoms with Crippen molar-refractivity contribution >= 4 is 22.9 Å². The van der Waals surface area contributed by atoms with Crippen molar-refractivity contribution in [2.45, 2.75) is 40.5 Å². The van der Waals surface area contributed by atoms with E-state index >= 15 is 0 Å². The summed E-state index contributed by atoms with van der Waals surface area (Å²) in [5.41, 5.74) is 3.78. The molecule has 9 nitrogen and oxygen atoms in total. The van der Waals surface area contributed by atoms with Crippen molar-refractivity contribution in [3.05, 3.63) is 29.8 Å². The number of hydrogen-bond acceptors (Lipinski definition) is 8. The zero-order chi connectivity index (χ0) is 22.7. The summed E-state index contributed by atoms with van der Waals surface area (Å²) in [7, 11) is 1.89. The van der Waals surface area contributed by atoms with E-state index in [0.29, 0.717) is 24.3 Å². The van der Waals surface area contributed by atoms with E-state index in [4.69, 9.17) is 24.7 Å². The van der Waals surface area contributed by atoms with Crippen molar-refractivity contribution in [3.8, 4) is 0 Å². The number of aromatic nitrogens is 6. The van der Waals surface area contributed by atoms with E-state index in [9.17, 15) is 0 Å². The van der Waals surface area contributed by atoms with Gasteiger partial charge in [0.15, 0.2) is 17.0 Å². The normalized spacial score (nSPS) is 18.4. The lowest BCUT2D eigenvalue weighted by atomic mass is 9.83. The number of rotatable bonds is 2. The van der Waals surface area contributed by atoms with Crippen LogP contribution in [0.15, 0.2) is 18.5 Å². The highest BCUT2D eigenvalue weighted by Crippen LogP contribution is 2.34. The molecule has 2 fully saturated rings. The summed E-state index contributed by atoms with van der Waals surface area (Å²) in [5, 5.41) is 3.83. The maximum atomic E-state index is 5.48. The Kier molecular flexibility index (Phi) is 6.55. The Morgan fingerprint density at radius 3 is 2.16 bits per heavy atom. The molecule has 0 saturated carbocycles. The fourth-order valence-electron chi connectivity index (χ4n) is 3.88. The van der Waals surface area contributed by atoms with Crippen LogP contribution in [-0.2, 0) is 11.8 Å². The first-order valence-corrected chi connectivity index (χ1v) is 11.4. The van der Waals surface area contributed by atoms with Gasteiger partial charge in [-0.3, -0.25) is 4.68 Å². The van der Waals surface area contributed by atoms with Crippen molar-refractivity contribution in [1.29, 1.82) is 0 Å². The molecule has 0 aliphatic carbocycles. The number of nitrogens with zero attached hydrogens (tertiary/aromatic N) is 8. The van der Waals surface area contributed by atoms with Crippen molar-refractivity contribution in [2.75, 3.05) is 49.2 Å². The average molecular weight is 439 g/mol. The molecule has 0 aromatic carbocycles. The number of morpholine rings is 1. The zero-order valence-electron chi connectivity index (χ0n) is 19.9. The van der Waals surface area contributed by atoms with Crippen molar-refractivity contribution in [1.82, 2.24) is 29.7 Å². The topological polar surface area (TPSA) is 85.1 Å². The van der Waals surface area contributed by atoms with E-state index in [1.807, 2.05) is 33.2 Å². The Hall–Kier alpha value is -2.81. The maximum absolute atomic E-state index is 5.48. The first-order chi connectivity index (χ1) is 15.3. The summed E-state index contributed by atoms with van der Waals surface area (Å²) < 4.78 is 7.23. The third-order valence-corrected chi connectivity index (χ3v) is 6.26. The molecular formula is C23H34N8O. The highest BCUT2D eigenvalue weighted by Gasteiger charge is 2.28. The molecule has 2 aliphatic heterocycles. The maximum Gasteiger partial charge on any atom is 0.229 e. The molecule has 0 bridgehead atoms. The molecule has 9 heteroatoms. The van der Waals surface area contributed by atoms with Gasteiger partial charge in [-0.25, -0.2) is 9.97 Å². The second-order valence-corrected chi connectivity index (χ2v) is 9.34. The molecule has 5 rings (SSSR count).